The van der Waals surface area contributed by atoms with Gasteiger partial charge in [-0.2, -0.15) is 0 Å². The van der Waals surface area contributed by atoms with Crippen LogP contribution in [0, 0.1) is 5.92 Å². The lowest BCUT2D eigenvalue weighted by atomic mass is 9.88. The van der Waals surface area contributed by atoms with Crippen LogP contribution in [0.2, 0.25) is 0 Å². The third kappa shape index (κ3) is 4.17. The van der Waals surface area contributed by atoms with Gasteiger partial charge in [0.05, 0.1) is 0 Å². The molecule has 0 bridgehead atoms. The van der Waals surface area contributed by atoms with E-state index in [0.29, 0.717) is 0 Å². The van der Waals surface area contributed by atoms with Gasteiger partial charge in [0.1, 0.15) is 0 Å². The maximum atomic E-state index is 2.31. The topological polar surface area (TPSA) is 0 Å². The van der Waals surface area contributed by atoms with Gasteiger partial charge in [-0.05, 0) is 5.92 Å². The van der Waals surface area contributed by atoms with Gasteiger partial charge in [0, 0.05) is 0 Å². The van der Waals surface area contributed by atoms with E-state index in [0.717, 1.165) is 5.92 Å². The van der Waals surface area contributed by atoms with Crippen molar-refractivity contribution in [3.63, 3.8) is 0 Å². The van der Waals surface area contributed by atoms with Gasteiger partial charge in [0.15, 0.2) is 0 Å². The van der Waals surface area contributed by atoms with Crippen LogP contribution in [0.4, 0.5) is 0 Å². The third-order valence-corrected chi connectivity index (χ3v) is 1.39. The van der Waals surface area contributed by atoms with Crippen LogP contribution < -0.4 is 0 Å². The van der Waals surface area contributed by atoms with Crippen LogP contribution in [0.15, 0.2) is 0 Å². The molecule has 0 saturated heterocycles. The predicted octanol–water partition coefficient (Wildman–Crippen LogP) is 3.22. The molecule has 1 fully saturated rings. The molecule has 0 aliphatic heterocycles. The minimum Gasteiger partial charge on any atom is -0.0656 e. The van der Waals surface area contributed by atoms with Crippen molar-refractivity contribution in [3.8, 4) is 0 Å². The highest BCUT2D eigenvalue weighted by Gasteiger charge is 2.09. The van der Waals surface area contributed by atoms with E-state index in [-0.39, 0.29) is 0 Å². The molecule has 0 nitrogen and oxygen atoms in total. The van der Waals surface area contributed by atoms with Gasteiger partial charge in [0.2, 0.25) is 0 Å². The van der Waals surface area contributed by atoms with E-state index >= 15 is 0 Å². The molecule has 50 valence electrons. The van der Waals surface area contributed by atoms with E-state index in [1.54, 1.807) is 0 Å². The summed E-state index contributed by atoms with van der Waals surface area (Å²) in [5.41, 5.74) is 0. The quantitative estimate of drug-likeness (QED) is 0.453. The average Bonchev–Trinajstić information content (AvgIpc) is 1.64. The molecule has 0 heterocycles. The molecule has 8 heavy (non-hydrogen) atoms. The van der Waals surface area contributed by atoms with Gasteiger partial charge >= 0.3 is 0 Å². The molecule has 0 amide bonds. The lowest BCUT2D eigenvalue weighted by Crippen LogP contribution is -2.04. The van der Waals surface area contributed by atoms with E-state index in [2.05, 4.69) is 20.8 Å². The van der Waals surface area contributed by atoms with Crippen molar-refractivity contribution < 1.29 is 0 Å². The molecule has 0 radical (unpaired) electrons. The molecule has 0 aromatic carbocycles. The molecule has 0 atom stereocenters. The summed E-state index contributed by atoms with van der Waals surface area (Å²) in [6, 6.07) is 0. The zero-order valence-corrected chi connectivity index (χ0v) is 6.41. The Morgan fingerprint density at radius 2 is 1.50 bits per heavy atom. The van der Waals surface area contributed by atoms with Crippen LogP contribution in [0.5, 0.6) is 0 Å². The molecule has 0 heteroatoms. The first kappa shape index (κ1) is 8.00. The minimum absolute atomic E-state index is 1.06. The van der Waals surface area contributed by atoms with Crippen molar-refractivity contribution in [1.29, 1.82) is 0 Å². The third-order valence-electron chi connectivity index (χ3n) is 1.39. The van der Waals surface area contributed by atoms with Gasteiger partial charge in [-0.15, -0.1) is 0 Å². The SMILES string of the molecule is CC1CCC1.CCC. The highest BCUT2D eigenvalue weighted by Crippen LogP contribution is 2.24. The van der Waals surface area contributed by atoms with Gasteiger partial charge in [0.25, 0.3) is 0 Å². The normalized spacial score (nSPS) is 18.4. The molecule has 1 aliphatic carbocycles. The van der Waals surface area contributed by atoms with Crippen molar-refractivity contribution in [2.75, 3.05) is 0 Å². The molecule has 1 aliphatic rings. The molecular formula is C8H18. The van der Waals surface area contributed by atoms with Crippen molar-refractivity contribution in [3.05, 3.63) is 0 Å². The predicted molar refractivity (Wildman–Crippen MR) is 39.0 cm³/mol. The first-order valence-corrected chi connectivity index (χ1v) is 3.81. The fraction of sp³-hybridized carbons (Fsp3) is 1.00. The van der Waals surface area contributed by atoms with Crippen LogP contribution >= 0.6 is 0 Å². The molecule has 0 spiro atoms. The molecule has 0 aromatic heterocycles. The summed E-state index contributed by atoms with van der Waals surface area (Å²) < 4.78 is 0. The van der Waals surface area contributed by atoms with Gasteiger partial charge in [-0.3, -0.25) is 0 Å². The lowest BCUT2D eigenvalue weighted by molar-refractivity contribution is 0.346. The zero-order valence-electron chi connectivity index (χ0n) is 6.41. The van der Waals surface area contributed by atoms with E-state index in [4.69, 9.17) is 0 Å². The maximum Gasteiger partial charge on any atom is -0.0443 e. The largest absolute Gasteiger partial charge is 0.0656 e. The molecule has 1 saturated carbocycles. The van der Waals surface area contributed by atoms with Crippen LogP contribution in [-0.4, -0.2) is 0 Å². The Morgan fingerprint density at radius 1 is 1.25 bits per heavy atom. The summed E-state index contributed by atoms with van der Waals surface area (Å²) in [4.78, 5) is 0. The van der Waals surface area contributed by atoms with Crippen molar-refractivity contribution in [1.82, 2.24) is 0 Å². The summed E-state index contributed by atoms with van der Waals surface area (Å²) in [7, 11) is 0. The summed E-state index contributed by atoms with van der Waals surface area (Å²) >= 11 is 0. The van der Waals surface area contributed by atoms with Crippen LogP contribution in [-0.2, 0) is 0 Å². The number of rotatable bonds is 0. The van der Waals surface area contributed by atoms with Gasteiger partial charge in [-0.1, -0.05) is 46.5 Å². The number of hydrogen-bond acceptors (Lipinski definition) is 0. The van der Waals surface area contributed by atoms with Crippen LogP contribution in [0.3, 0.4) is 0 Å². The fourth-order valence-electron chi connectivity index (χ4n) is 0.612. The van der Waals surface area contributed by atoms with Crippen LogP contribution in [0.25, 0.3) is 0 Å². The summed E-state index contributed by atoms with van der Waals surface area (Å²) in [5.74, 6) is 1.06. The van der Waals surface area contributed by atoms with E-state index in [9.17, 15) is 0 Å². The van der Waals surface area contributed by atoms with Crippen molar-refractivity contribution in [2.45, 2.75) is 46.5 Å². The Bertz CT molecular complexity index is 35.3. The first-order chi connectivity index (χ1) is 3.81. The standard InChI is InChI=1S/C5H10.C3H8/c1-5-3-2-4-5;1-3-2/h5H,2-4H2,1H3;3H2,1-2H3. The monoisotopic (exact) mass is 114 g/mol. The zero-order chi connectivity index (χ0) is 6.41. The molecule has 0 N–H and O–H groups in total. The summed E-state index contributed by atoms with van der Waals surface area (Å²) in [6.07, 6.45) is 5.71. The maximum absolute atomic E-state index is 2.31. The smallest absolute Gasteiger partial charge is 0.0443 e. The van der Waals surface area contributed by atoms with Gasteiger partial charge in [-0.25, -0.2) is 0 Å². The molecule has 1 rings (SSSR count). The Balaban J connectivity index is 0.000000145. The Labute approximate surface area is 53.3 Å². The van der Waals surface area contributed by atoms with E-state index < -0.39 is 0 Å². The van der Waals surface area contributed by atoms with Crippen LogP contribution in [0.1, 0.15) is 46.5 Å². The number of hydrogen-bond donors (Lipinski definition) is 0. The second-order valence-electron chi connectivity index (χ2n) is 2.74. The molecule has 0 aromatic rings. The summed E-state index contributed by atoms with van der Waals surface area (Å²) in [5, 5.41) is 0. The minimum atomic E-state index is 1.06. The van der Waals surface area contributed by atoms with Gasteiger partial charge < -0.3 is 0 Å². The van der Waals surface area contributed by atoms with Crippen molar-refractivity contribution in [2.24, 2.45) is 5.92 Å². The first-order valence-electron chi connectivity index (χ1n) is 3.81. The van der Waals surface area contributed by atoms with E-state index in [1.807, 2.05) is 0 Å². The average molecular weight is 114 g/mol. The lowest BCUT2D eigenvalue weighted by Gasteiger charge is -2.18. The summed E-state index contributed by atoms with van der Waals surface area (Å²) in [6.45, 7) is 6.56. The molecular weight excluding hydrogens is 96.1 g/mol. The van der Waals surface area contributed by atoms with Crippen molar-refractivity contribution >= 4 is 0 Å². The highest BCUT2D eigenvalue weighted by atomic mass is 14.1. The fourth-order valence-corrected chi connectivity index (χ4v) is 0.612. The second-order valence-corrected chi connectivity index (χ2v) is 2.74. The molecule has 0 unspecified atom stereocenters. The second kappa shape index (κ2) is 5.14. The van der Waals surface area contributed by atoms with E-state index in [1.165, 1.54) is 25.7 Å². The Morgan fingerprint density at radius 3 is 1.50 bits per heavy atom. The highest BCUT2D eigenvalue weighted by molar-refractivity contribution is 4.62. The Kier molecular flexibility index (Phi) is 5.14. The Hall–Kier alpha value is 0.